The van der Waals surface area contributed by atoms with E-state index in [1.54, 1.807) is 12.3 Å². The Bertz CT molecular complexity index is 538. The van der Waals surface area contributed by atoms with Gasteiger partial charge in [0.2, 0.25) is 5.88 Å². The molecule has 0 saturated heterocycles. The number of halogens is 1. The molecule has 0 spiro atoms. The second kappa shape index (κ2) is 5.38. The Morgan fingerprint density at radius 2 is 2.06 bits per heavy atom. The van der Waals surface area contributed by atoms with Crippen molar-refractivity contribution in [1.29, 1.82) is 0 Å². The number of pyridine rings is 1. The summed E-state index contributed by atoms with van der Waals surface area (Å²) >= 11 is 5.89. The summed E-state index contributed by atoms with van der Waals surface area (Å²) in [6, 6.07) is 9.18. The minimum atomic E-state index is -0.0242. The maximum Gasteiger partial charge on any atom is 0.219 e. The molecule has 1 aromatic heterocycles. The first kappa shape index (κ1) is 12.9. The van der Waals surface area contributed by atoms with E-state index in [4.69, 9.17) is 22.1 Å². The van der Waals surface area contributed by atoms with Gasteiger partial charge in [-0.15, -0.1) is 0 Å². The highest BCUT2D eigenvalue weighted by molar-refractivity contribution is 6.30. The topological polar surface area (TPSA) is 48.1 Å². The summed E-state index contributed by atoms with van der Waals surface area (Å²) in [5.74, 6) is 1.30. The molecule has 3 nitrogen and oxygen atoms in total. The summed E-state index contributed by atoms with van der Waals surface area (Å²) in [4.78, 5) is 4.22. The largest absolute Gasteiger partial charge is 0.439 e. The molecule has 0 saturated carbocycles. The summed E-state index contributed by atoms with van der Waals surface area (Å²) in [6.45, 7) is 3.86. The van der Waals surface area contributed by atoms with Gasteiger partial charge in [0, 0.05) is 23.3 Å². The Balaban J connectivity index is 2.18. The number of ether oxygens (including phenoxy) is 1. The van der Waals surface area contributed by atoms with Crippen LogP contribution in [0.4, 0.5) is 0 Å². The molecule has 1 heterocycles. The van der Waals surface area contributed by atoms with Crippen LogP contribution in [0.3, 0.4) is 0 Å². The van der Waals surface area contributed by atoms with E-state index in [1.807, 2.05) is 38.1 Å². The standard InChI is InChI=1S/C14H15ClN2O/c1-9-7-12(15)4-5-13(9)18-14-6-3-11(8-17-14)10(2)16/h3-8,10H,16H2,1-2H3/t10-/m1/s1. The maximum atomic E-state index is 5.89. The molecule has 0 aliphatic heterocycles. The smallest absolute Gasteiger partial charge is 0.219 e. The monoisotopic (exact) mass is 262 g/mol. The summed E-state index contributed by atoms with van der Waals surface area (Å²) in [7, 11) is 0. The molecule has 0 aliphatic carbocycles. The average molecular weight is 263 g/mol. The molecule has 1 aromatic carbocycles. The van der Waals surface area contributed by atoms with Crippen LogP contribution in [0.15, 0.2) is 36.5 Å². The molecule has 2 N–H and O–H groups in total. The van der Waals surface area contributed by atoms with E-state index < -0.39 is 0 Å². The van der Waals surface area contributed by atoms with Crippen molar-refractivity contribution in [3.8, 4) is 11.6 Å². The minimum absolute atomic E-state index is 0.0242. The first-order valence-corrected chi connectivity index (χ1v) is 6.09. The van der Waals surface area contributed by atoms with E-state index >= 15 is 0 Å². The normalized spacial score (nSPS) is 12.2. The predicted molar refractivity (Wildman–Crippen MR) is 73.1 cm³/mol. The van der Waals surface area contributed by atoms with Crippen molar-refractivity contribution in [2.24, 2.45) is 5.73 Å². The van der Waals surface area contributed by atoms with E-state index in [0.717, 1.165) is 16.9 Å². The highest BCUT2D eigenvalue weighted by Gasteiger charge is 2.04. The van der Waals surface area contributed by atoms with Crippen LogP contribution in [0.25, 0.3) is 0 Å². The number of nitrogens with two attached hydrogens (primary N) is 1. The lowest BCUT2D eigenvalue weighted by molar-refractivity contribution is 0.459. The molecular weight excluding hydrogens is 248 g/mol. The first-order chi connectivity index (χ1) is 8.56. The average Bonchev–Trinajstić information content (AvgIpc) is 2.33. The lowest BCUT2D eigenvalue weighted by atomic mass is 10.2. The molecule has 18 heavy (non-hydrogen) atoms. The van der Waals surface area contributed by atoms with Crippen LogP contribution in [0.2, 0.25) is 5.02 Å². The number of hydrogen-bond acceptors (Lipinski definition) is 3. The molecule has 2 aromatic rings. The van der Waals surface area contributed by atoms with Crippen LogP contribution >= 0.6 is 11.6 Å². The Labute approximate surface area is 112 Å². The van der Waals surface area contributed by atoms with Gasteiger partial charge in [0.15, 0.2) is 0 Å². The summed E-state index contributed by atoms with van der Waals surface area (Å²) in [5.41, 5.74) is 7.72. The van der Waals surface area contributed by atoms with Gasteiger partial charge in [-0.2, -0.15) is 0 Å². The Morgan fingerprint density at radius 1 is 1.28 bits per heavy atom. The van der Waals surface area contributed by atoms with Gasteiger partial charge in [0.05, 0.1) is 0 Å². The van der Waals surface area contributed by atoms with Crippen molar-refractivity contribution in [1.82, 2.24) is 4.98 Å². The Morgan fingerprint density at radius 3 is 2.61 bits per heavy atom. The highest BCUT2D eigenvalue weighted by Crippen LogP contribution is 2.26. The number of aromatic nitrogens is 1. The lowest BCUT2D eigenvalue weighted by Crippen LogP contribution is -2.05. The Hall–Kier alpha value is -1.58. The zero-order valence-electron chi connectivity index (χ0n) is 10.4. The van der Waals surface area contributed by atoms with Gasteiger partial charge in [-0.3, -0.25) is 0 Å². The van der Waals surface area contributed by atoms with Gasteiger partial charge >= 0.3 is 0 Å². The quantitative estimate of drug-likeness (QED) is 0.914. The minimum Gasteiger partial charge on any atom is -0.439 e. The molecule has 0 unspecified atom stereocenters. The van der Waals surface area contributed by atoms with Crippen LogP contribution < -0.4 is 10.5 Å². The van der Waals surface area contributed by atoms with Crippen LogP contribution in [0, 0.1) is 6.92 Å². The van der Waals surface area contributed by atoms with Gasteiger partial charge in [0.1, 0.15) is 5.75 Å². The van der Waals surface area contributed by atoms with Crippen LogP contribution in [0.1, 0.15) is 24.1 Å². The zero-order valence-corrected chi connectivity index (χ0v) is 11.1. The molecule has 2 rings (SSSR count). The fourth-order valence-electron chi connectivity index (χ4n) is 1.56. The van der Waals surface area contributed by atoms with Crippen LogP contribution in [-0.2, 0) is 0 Å². The van der Waals surface area contributed by atoms with Crippen LogP contribution in [0.5, 0.6) is 11.6 Å². The summed E-state index contributed by atoms with van der Waals surface area (Å²) in [6.07, 6.45) is 1.73. The van der Waals surface area contributed by atoms with Gasteiger partial charge in [-0.1, -0.05) is 17.7 Å². The molecule has 1 atom stereocenters. The molecule has 0 fully saturated rings. The number of rotatable bonds is 3. The highest BCUT2D eigenvalue weighted by atomic mass is 35.5. The molecule has 4 heteroatoms. The number of nitrogens with zero attached hydrogens (tertiary/aromatic N) is 1. The fraction of sp³-hybridized carbons (Fsp3) is 0.214. The molecule has 0 radical (unpaired) electrons. The second-order valence-corrected chi connectivity index (χ2v) is 4.67. The molecule has 94 valence electrons. The van der Waals surface area contributed by atoms with Gasteiger partial charge in [-0.25, -0.2) is 4.98 Å². The zero-order chi connectivity index (χ0) is 13.1. The molecule has 0 aliphatic rings. The van der Waals surface area contributed by atoms with Crippen molar-refractivity contribution in [3.63, 3.8) is 0 Å². The third-order valence-corrected chi connectivity index (χ3v) is 2.87. The summed E-state index contributed by atoms with van der Waals surface area (Å²) < 4.78 is 5.69. The van der Waals surface area contributed by atoms with E-state index in [2.05, 4.69) is 4.98 Å². The van der Waals surface area contributed by atoms with Gasteiger partial charge < -0.3 is 10.5 Å². The Kier molecular flexibility index (Phi) is 3.84. The second-order valence-electron chi connectivity index (χ2n) is 4.23. The fourth-order valence-corrected chi connectivity index (χ4v) is 1.79. The number of benzene rings is 1. The SMILES string of the molecule is Cc1cc(Cl)ccc1Oc1ccc([C@@H](C)N)cn1. The van der Waals surface area contributed by atoms with Crippen molar-refractivity contribution in [2.45, 2.75) is 19.9 Å². The third kappa shape index (κ3) is 3.00. The van der Waals surface area contributed by atoms with E-state index in [1.165, 1.54) is 0 Å². The third-order valence-electron chi connectivity index (χ3n) is 2.64. The number of hydrogen-bond donors (Lipinski definition) is 1. The van der Waals surface area contributed by atoms with Gasteiger partial charge in [0.25, 0.3) is 0 Å². The number of aryl methyl sites for hydroxylation is 1. The van der Waals surface area contributed by atoms with Crippen molar-refractivity contribution >= 4 is 11.6 Å². The van der Waals surface area contributed by atoms with Crippen LogP contribution in [-0.4, -0.2) is 4.98 Å². The summed E-state index contributed by atoms with van der Waals surface area (Å²) in [5, 5.41) is 0.695. The lowest BCUT2D eigenvalue weighted by Gasteiger charge is -2.09. The van der Waals surface area contributed by atoms with Gasteiger partial charge in [-0.05, 0) is 43.2 Å². The van der Waals surface area contributed by atoms with Crippen molar-refractivity contribution in [2.75, 3.05) is 0 Å². The first-order valence-electron chi connectivity index (χ1n) is 5.72. The predicted octanol–water partition coefficient (Wildman–Crippen LogP) is 3.86. The van der Waals surface area contributed by atoms with E-state index in [9.17, 15) is 0 Å². The molecule has 0 amide bonds. The van der Waals surface area contributed by atoms with E-state index in [0.29, 0.717) is 10.9 Å². The van der Waals surface area contributed by atoms with E-state index in [-0.39, 0.29) is 6.04 Å². The maximum absolute atomic E-state index is 5.89. The molecule has 0 bridgehead atoms. The van der Waals surface area contributed by atoms with Crippen molar-refractivity contribution < 1.29 is 4.74 Å². The molecular formula is C14H15ClN2O. The van der Waals surface area contributed by atoms with Crippen molar-refractivity contribution in [3.05, 3.63) is 52.7 Å².